The molecule has 0 atom stereocenters. The highest BCUT2D eigenvalue weighted by Crippen LogP contribution is 2.31. The van der Waals surface area contributed by atoms with Gasteiger partial charge in [0.1, 0.15) is 16.9 Å². The summed E-state index contributed by atoms with van der Waals surface area (Å²) in [5.74, 6) is 0.517. The molecule has 1 amide bonds. The molecule has 4 nitrogen and oxygen atoms in total. The van der Waals surface area contributed by atoms with Crippen molar-refractivity contribution < 1.29 is 13.9 Å². The molecule has 0 spiro atoms. The highest BCUT2D eigenvalue weighted by Gasteiger charge is 2.09. The van der Waals surface area contributed by atoms with E-state index in [0.29, 0.717) is 12.3 Å². The summed E-state index contributed by atoms with van der Waals surface area (Å²) >= 11 is 0. The van der Waals surface area contributed by atoms with Crippen LogP contribution in [0.5, 0.6) is 5.75 Å². The van der Waals surface area contributed by atoms with Gasteiger partial charge in [-0.15, -0.1) is 0 Å². The van der Waals surface area contributed by atoms with Gasteiger partial charge in [0.25, 0.3) is 0 Å². The molecule has 0 unspecified atom stereocenters. The maximum absolute atomic E-state index is 11.7. The second-order valence-corrected chi connectivity index (χ2v) is 4.93. The number of ether oxygens (including phenoxy) is 1. The Labute approximate surface area is 122 Å². The Morgan fingerprint density at radius 3 is 2.81 bits per heavy atom. The Bertz CT molecular complexity index is 776. The zero-order valence-corrected chi connectivity index (χ0v) is 11.9. The lowest BCUT2D eigenvalue weighted by molar-refractivity contribution is 0.200. The standard InChI is InChI=1S/C17H17NO3/c1-2-3-10-18-17(19)20-12-8-9-16-14(11-12)13-6-4-5-7-15(13)21-16/h4-9,11H,2-3,10H2,1H3,(H,18,19). The van der Waals surface area contributed by atoms with E-state index in [1.807, 2.05) is 36.4 Å². The first-order valence-electron chi connectivity index (χ1n) is 7.15. The smallest absolute Gasteiger partial charge is 0.412 e. The Morgan fingerprint density at radius 2 is 1.95 bits per heavy atom. The average Bonchev–Trinajstić information content (AvgIpc) is 2.86. The molecule has 0 saturated carbocycles. The van der Waals surface area contributed by atoms with Crippen LogP contribution in [0.25, 0.3) is 21.9 Å². The van der Waals surface area contributed by atoms with Gasteiger partial charge in [-0.05, 0) is 30.7 Å². The van der Waals surface area contributed by atoms with Gasteiger partial charge >= 0.3 is 6.09 Å². The van der Waals surface area contributed by atoms with E-state index in [0.717, 1.165) is 34.8 Å². The number of fused-ring (bicyclic) bond motifs is 3. The Balaban J connectivity index is 1.83. The van der Waals surface area contributed by atoms with E-state index in [4.69, 9.17) is 9.15 Å². The summed E-state index contributed by atoms with van der Waals surface area (Å²) in [5, 5.41) is 4.69. The van der Waals surface area contributed by atoms with Gasteiger partial charge in [0.05, 0.1) is 0 Å². The summed E-state index contributed by atoms with van der Waals surface area (Å²) in [4.78, 5) is 11.7. The lowest BCUT2D eigenvalue weighted by atomic mass is 10.1. The minimum Gasteiger partial charge on any atom is -0.456 e. The van der Waals surface area contributed by atoms with Gasteiger partial charge in [-0.2, -0.15) is 0 Å². The van der Waals surface area contributed by atoms with E-state index in [-0.39, 0.29) is 0 Å². The zero-order chi connectivity index (χ0) is 14.7. The molecule has 0 aliphatic heterocycles. The Kier molecular flexibility index (Phi) is 3.77. The minimum atomic E-state index is -0.421. The van der Waals surface area contributed by atoms with Crippen molar-refractivity contribution in [2.75, 3.05) is 6.54 Å². The first kappa shape index (κ1) is 13.5. The number of unbranched alkanes of at least 4 members (excludes halogenated alkanes) is 1. The second-order valence-electron chi connectivity index (χ2n) is 4.93. The average molecular weight is 283 g/mol. The fraction of sp³-hybridized carbons (Fsp3) is 0.235. The molecule has 21 heavy (non-hydrogen) atoms. The molecule has 1 aromatic heterocycles. The van der Waals surface area contributed by atoms with E-state index in [1.165, 1.54) is 0 Å². The van der Waals surface area contributed by atoms with Crippen LogP contribution in [0, 0.1) is 0 Å². The van der Waals surface area contributed by atoms with E-state index in [1.54, 1.807) is 6.07 Å². The molecule has 1 heterocycles. The third kappa shape index (κ3) is 2.84. The zero-order valence-electron chi connectivity index (χ0n) is 11.9. The topological polar surface area (TPSA) is 51.5 Å². The molecular formula is C17H17NO3. The summed E-state index contributed by atoms with van der Waals surface area (Å²) in [7, 11) is 0. The number of nitrogens with one attached hydrogen (secondary N) is 1. The summed E-state index contributed by atoms with van der Waals surface area (Å²) in [6, 6.07) is 13.2. The second kappa shape index (κ2) is 5.87. The third-order valence-electron chi connectivity index (χ3n) is 3.36. The van der Waals surface area contributed by atoms with Crippen molar-refractivity contribution in [3.8, 4) is 5.75 Å². The highest BCUT2D eigenvalue weighted by molar-refractivity contribution is 6.05. The number of para-hydroxylation sites is 1. The molecular weight excluding hydrogens is 266 g/mol. The molecule has 0 radical (unpaired) electrons. The number of rotatable bonds is 4. The molecule has 3 rings (SSSR count). The number of carbonyl (C=O) groups is 1. The summed E-state index contributed by atoms with van der Waals surface area (Å²) < 4.78 is 11.0. The van der Waals surface area contributed by atoms with Gasteiger partial charge < -0.3 is 14.5 Å². The van der Waals surface area contributed by atoms with Crippen molar-refractivity contribution in [1.29, 1.82) is 0 Å². The number of hydrogen-bond donors (Lipinski definition) is 1. The van der Waals surface area contributed by atoms with E-state index in [2.05, 4.69) is 12.2 Å². The summed E-state index contributed by atoms with van der Waals surface area (Å²) in [6.07, 6.45) is 1.56. The van der Waals surface area contributed by atoms with Gasteiger partial charge in [0.15, 0.2) is 0 Å². The van der Waals surface area contributed by atoms with Crippen LogP contribution in [-0.4, -0.2) is 12.6 Å². The first-order chi connectivity index (χ1) is 10.3. The van der Waals surface area contributed by atoms with Crippen LogP contribution in [0.4, 0.5) is 4.79 Å². The lowest BCUT2D eigenvalue weighted by Gasteiger charge is -2.05. The van der Waals surface area contributed by atoms with Gasteiger partial charge in [0.2, 0.25) is 0 Å². The van der Waals surface area contributed by atoms with E-state index < -0.39 is 6.09 Å². The summed E-state index contributed by atoms with van der Waals surface area (Å²) in [6.45, 7) is 2.71. The van der Waals surface area contributed by atoms with E-state index in [9.17, 15) is 4.79 Å². The monoisotopic (exact) mass is 283 g/mol. The Morgan fingerprint density at radius 1 is 1.14 bits per heavy atom. The van der Waals surface area contributed by atoms with Crippen LogP contribution >= 0.6 is 0 Å². The molecule has 2 aromatic carbocycles. The fourth-order valence-corrected chi connectivity index (χ4v) is 2.28. The molecule has 1 N–H and O–H groups in total. The first-order valence-corrected chi connectivity index (χ1v) is 7.15. The maximum atomic E-state index is 11.7. The van der Waals surface area contributed by atoms with Gasteiger partial charge in [0, 0.05) is 17.3 Å². The SMILES string of the molecule is CCCCNC(=O)Oc1ccc2oc3ccccc3c2c1. The molecule has 108 valence electrons. The minimum absolute atomic E-state index is 0.421. The molecule has 0 saturated heterocycles. The predicted molar refractivity (Wildman–Crippen MR) is 82.7 cm³/mol. The van der Waals surface area contributed by atoms with Crippen LogP contribution in [0.3, 0.4) is 0 Å². The van der Waals surface area contributed by atoms with Crippen LogP contribution in [-0.2, 0) is 0 Å². The van der Waals surface area contributed by atoms with Crippen molar-refractivity contribution in [2.45, 2.75) is 19.8 Å². The van der Waals surface area contributed by atoms with Crippen molar-refractivity contribution >= 4 is 28.0 Å². The van der Waals surface area contributed by atoms with E-state index >= 15 is 0 Å². The number of benzene rings is 2. The summed E-state index contributed by atoms with van der Waals surface area (Å²) in [5.41, 5.74) is 1.62. The fourth-order valence-electron chi connectivity index (χ4n) is 2.28. The van der Waals surface area contributed by atoms with Crippen molar-refractivity contribution in [1.82, 2.24) is 5.32 Å². The maximum Gasteiger partial charge on any atom is 0.412 e. The molecule has 0 aliphatic carbocycles. The number of carbonyl (C=O) groups excluding carboxylic acids is 1. The lowest BCUT2D eigenvalue weighted by Crippen LogP contribution is -2.27. The van der Waals surface area contributed by atoms with Crippen LogP contribution in [0.2, 0.25) is 0 Å². The van der Waals surface area contributed by atoms with Crippen LogP contribution < -0.4 is 10.1 Å². The largest absolute Gasteiger partial charge is 0.456 e. The molecule has 3 aromatic rings. The molecule has 4 heteroatoms. The molecule has 0 aliphatic rings. The van der Waals surface area contributed by atoms with Crippen LogP contribution in [0.15, 0.2) is 46.9 Å². The van der Waals surface area contributed by atoms with Gasteiger partial charge in [-0.3, -0.25) is 0 Å². The molecule has 0 bridgehead atoms. The van der Waals surface area contributed by atoms with Crippen molar-refractivity contribution in [2.24, 2.45) is 0 Å². The highest BCUT2D eigenvalue weighted by atomic mass is 16.6. The van der Waals surface area contributed by atoms with Crippen molar-refractivity contribution in [3.05, 3.63) is 42.5 Å². The van der Waals surface area contributed by atoms with Crippen LogP contribution in [0.1, 0.15) is 19.8 Å². The normalized spacial score (nSPS) is 10.9. The quantitative estimate of drug-likeness (QED) is 0.718. The number of amides is 1. The van der Waals surface area contributed by atoms with Gasteiger partial charge in [-0.25, -0.2) is 4.79 Å². The third-order valence-corrected chi connectivity index (χ3v) is 3.36. The molecule has 0 fully saturated rings. The number of hydrogen-bond acceptors (Lipinski definition) is 3. The van der Waals surface area contributed by atoms with Crippen molar-refractivity contribution in [3.63, 3.8) is 0 Å². The predicted octanol–water partition coefficient (Wildman–Crippen LogP) is 4.47. The number of furan rings is 1. The van der Waals surface area contributed by atoms with Gasteiger partial charge in [-0.1, -0.05) is 31.5 Å². The Hall–Kier alpha value is -2.49.